The van der Waals surface area contributed by atoms with Crippen LogP contribution in [-0.2, 0) is 4.79 Å². The molecule has 0 spiro atoms. The molecule has 0 aliphatic heterocycles. The van der Waals surface area contributed by atoms with E-state index in [2.05, 4.69) is 10.2 Å². The largest absolute Gasteiger partial charge is 0.398 e. The summed E-state index contributed by atoms with van der Waals surface area (Å²) >= 11 is 0. The fraction of sp³-hybridized carbons (Fsp3) is 0.462. The highest BCUT2D eigenvalue weighted by Gasteiger charge is 2.27. The van der Waals surface area contributed by atoms with Gasteiger partial charge in [0.15, 0.2) is 0 Å². The van der Waals surface area contributed by atoms with Crippen LogP contribution >= 0.6 is 0 Å². The number of nitrogens with two attached hydrogens (primary N) is 1. The molecule has 0 bridgehead atoms. The maximum absolute atomic E-state index is 11.8. The van der Waals surface area contributed by atoms with Gasteiger partial charge in [-0.25, -0.2) is 0 Å². The zero-order valence-corrected chi connectivity index (χ0v) is 10.4. The summed E-state index contributed by atoms with van der Waals surface area (Å²) in [6, 6.07) is 6.16. The van der Waals surface area contributed by atoms with E-state index in [0.717, 1.165) is 11.3 Å². The Balaban J connectivity index is 1.95. The average molecular weight is 233 g/mol. The highest BCUT2D eigenvalue weighted by atomic mass is 16.2. The number of benzene rings is 1. The Morgan fingerprint density at radius 3 is 2.88 bits per heavy atom. The van der Waals surface area contributed by atoms with Crippen LogP contribution in [0.5, 0.6) is 0 Å². The second-order valence-electron chi connectivity index (χ2n) is 4.71. The highest BCUT2D eigenvalue weighted by Crippen LogP contribution is 2.25. The number of hydrogen-bond donors (Lipinski definition) is 2. The van der Waals surface area contributed by atoms with Crippen LogP contribution in [0.4, 0.5) is 11.4 Å². The monoisotopic (exact) mass is 233 g/mol. The van der Waals surface area contributed by atoms with Crippen molar-refractivity contribution in [2.75, 3.05) is 24.6 Å². The summed E-state index contributed by atoms with van der Waals surface area (Å²) in [5.41, 5.74) is 8.23. The summed E-state index contributed by atoms with van der Waals surface area (Å²) in [6.07, 6.45) is 2.42. The van der Waals surface area contributed by atoms with Gasteiger partial charge in [0.05, 0.1) is 6.54 Å². The Hall–Kier alpha value is -1.55. The van der Waals surface area contributed by atoms with Gasteiger partial charge >= 0.3 is 0 Å². The Morgan fingerprint density at radius 2 is 2.24 bits per heavy atom. The summed E-state index contributed by atoms with van der Waals surface area (Å²) in [5, 5.41) is 2.90. The minimum Gasteiger partial charge on any atom is -0.398 e. The number of nitrogens with zero attached hydrogens (tertiary/aromatic N) is 1. The molecule has 1 aromatic rings. The number of amides is 1. The van der Waals surface area contributed by atoms with Crippen LogP contribution in [0.25, 0.3) is 0 Å². The van der Waals surface area contributed by atoms with Crippen LogP contribution in [-0.4, -0.2) is 30.4 Å². The molecule has 4 nitrogen and oxygen atoms in total. The molecule has 1 aliphatic rings. The van der Waals surface area contributed by atoms with E-state index < -0.39 is 0 Å². The molecule has 0 atom stereocenters. The van der Waals surface area contributed by atoms with Gasteiger partial charge in [-0.2, -0.15) is 0 Å². The van der Waals surface area contributed by atoms with Crippen LogP contribution in [0.15, 0.2) is 18.2 Å². The maximum Gasteiger partial charge on any atom is 0.238 e. The fourth-order valence-corrected chi connectivity index (χ4v) is 1.85. The lowest BCUT2D eigenvalue weighted by Gasteiger charge is -2.16. The van der Waals surface area contributed by atoms with Crippen molar-refractivity contribution in [1.29, 1.82) is 0 Å². The van der Waals surface area contributed by atoms with Crippen LogP contribution < -0.4 is 11.1 Å². The van der Waals surface area contributed by atoms with Crippen LogP contribution in [0.1, 0.15) is 18.4 Å². The van der Waals surface area contributed by atoms with Gasteiger partial charge < -0.3 is 11.1 Å². The number of carbonyl (C=O) groups is 1. The molecule has 2 rings (SSSR count). The Labute approximate surface area is 102 Å². The van der Waals surface area contributed by atoms with Crippen molar-refractivity contribution >= 4 is 17.3 Å². The van der Waals surface area contributed by atoms with E-state index in [4.69, 9.17) is 5.73 Å². The molecule has 4 heteroatoms. The molecule has 1 fully saturated rings. The highest BCUT2D eigenvalue weighted by molar-refractivity contribution is 5.93. The lowest BCUT2D eigenvalue weighted by Crippen LogP contribution is -2.31. The van der Waals surface area contributed by atoms with Gasteiger partial charge in [-0.1, -0.05) is 6.07 Å². The summed E-state index contributed by atoms with van der Waals surface area (Å²) in [5.74, 6) is 0.0214. The minimum atomic E-state index is 0.0214. The number of carbonyl (C=O) groups excluding carboxylic acids is 1. The maximum atomic E-state index is 11.8. The predicted octanol–water partition coefficient (Wildman–Crippen LogP) is 1.61. The van der Waals surface area contributed by atoms with E-state index in [1.807, 2.05) is 32.2 Å². The third kappa shape index (κ3) is 2.97. The summed E-state index contributed by atoms with van der Waals surface area (Å²) in [4.78, 5) is 13.9. The van der Waals surface area contributed by atoms with E-state index in [-0.39, 0.29) is 5.91 Å². The second-order valence-corrected chi connectivity index (χ2v) is 4.71. The molecule has 1 amide bonds. The van der Waals surface area contributed by atoms with Crippen LogP contribution in [0.2, 0.25) is 0 Å². The molecule has 0 unspecified atom stereocenters. The number of likely N-dealkylation sites (N-methyl/N-ethyl adjacent to an activating group) is 1. The third-order valence-corrected chi connectivity index (χ3v) is 3.21. The lowest BCUT2D eigenvalue weighted by molar-refractivity contribution is -0.117. The summed E-state index contributed by atoms with van der Waals surface area (Å²) in [7, 11) is 1.99. The van der Waals surface area contributed by atoms with E-state index >= 15 is 0 Å². The zero-order valence-electron chi connectivity index (χ0n) is 10.4. The van der Waals surface area contributed by atoms with Crippen LogP contribution in [0, 0.1) is 6.92 Å². The smallest absolute Gasteiger partial charge is 0.238 e. The number of nitrogens with one attached hydrogen (secondary N) is 1. The van der Waals surface area contributed by atoms with Gasteiger partial charge in [0.25, 0.3) is 0 Å². The standard InChI is InChI=1S/C13H19N3O/c1-9-11(14)4-3-5-12(9)15-13(17)8-16(2)10-6-7-10/h3-5,10H,6-8,14H2,1-2H3,(H,15,17). The quantitative estimate of drug-likeness (QED) is 0.777. The lowest BCUT2D eigenvalue weighted by atomic mass is 10.1. The summed E-state index contributed by atoms with van der Waals surface area (Å²) < 4.78 is 0. The Morgan fingerprint density at radius 1 is 1.53 bits per heavy atom. The molecule has 1 aromatic carbocycles. The van der Waals surface area contributed by atoms with Crippen molar-refractivity contribution in [3.05, 3.63) is 23.8 Å². The van der Waals surface area contributed by atoms with Gasteiger partial charge in [-0.15, -0.1) is 0 Å². The first kappa shape index (κ1) is 11.9. The minimum absolute atomic E-state index is 0.0214. The molecule has 0 saturated heterocycles. The first-order valence-electron chi connectivity index (χ1n) is 5.93. The predicted molar refractivity (Wildman–Crippen MR) is 69.9 cm³/mol. The molecule has 0 radical (unpaired) electrons. The number of nitrogen functional groups attached to an aromatic ring is 1. The normalized spacial score (nSPS) is 15.0. The molecule has 92 valence electrons. The third-order valence-electron chi connectivity index (χ3n) is 3.21. The van der Waals surface area contributed by atoms with Gasteiger partial charge in [0.1, 0.15) is 0 Å². The second kappa shape index (κ2) is 4.75. The molecular weight excluding hydrogens is 214 g/mol. The van der Waals surface area contributed by atoms with Gasteiger partial charge in [0.2, 0.25) is 5.91 Å². The van der Waals surface area contributed by atoms with Crippen molar-refractivity contribution in [2.45, 2.75) is 25.8 Å². The molecule has 0 aromatic heterocycles. The van der Waals surface area contributed by atoms with Crippen molar-refractivity contribution in [1.82, 2.24) is 4.90 Å². The SMILES string of the molecule is Cc1c(N)cccc1NC(=O)CN(C)C1CC1. The van der Waals surface area contributed by atoms with Gasteiger partial charge in [-0.05, 0) is 44.5 Å². The van der Waals surface area contributed by atoms with E-state index in [1.54, 1.807) is 0 Å². The van der Waals surface area contributed by atoms with Gasteiger partial charge in [0, 0.05) is 17.4 Å². The van der Waals surface area contributed by atoms with Crippen molar-refractivity contribution in [3.63, 3.8) is 0 Å². The first-order chi connectivity index (χ1) is 8.08. The van der Waals surface area contributed by atoms with E-state index in [9.17, 15) is 4.79 Å². The fourth-order valence-electron chi connectivity index (χ4n) is 1.85. The van der Waals surface area contributed by atoms with Crippen LogP contribution in [0.3, 0.4) is 0 Å². The Bertz CT molecular complexity index is 427. The summed E-state index contributed by atoms with van der Waals surface area (Å²) in [6.45, 7) is 2.36. The van der Waals surface area contributed by atoms with Crippen molar-refractivity contribution in [2.24, 2.45) is 0 Å². The van der Waals surface area contributed by atoms with Crippen molar-refractivity contribution in [3.8, 4) is 0 Å². The number of anilines is 2. The average Bonchev–Trinajstić information content (AvgIpc) is 3.08. The molecule has 0 heterocycles. The van der Waals surface area contributed by atoms with Crippen molar-refractivity contribution < 1.29 is 4.79 Å². The number of hydrogen-bond acceptors (Lipinski definition) is 3. The molecule has 3 N–H and O–H groups in total. The van der Waals surface area contributed by atoms with Gasteiger partial charge in [-0.3, -0.25) is 9.69 Å². The Kier molecular flexibility index (Phi) is 3.33. The molecule has 1 aliphatic carbocycles. The zero-order chi connectivity index (χ0) is 12.4. The molecule has 1 saturated carbocycles. The van der Waals surface area contributed by atoms with E-state index in [1.165, 1.54) is 12.8 Å². The topological polar surface area (TPSA) is 58.4 Å². The number of rotatable bonds is 4. The first-order valence-corrected chi connectivity index (χ1v) is 5.93. The molecule has 17 heavy (non-hydrogen) atoms. The van der Waals surface area contributed by atoms with E-state index in [0.29, 0.717) is 18.3 Å². The molecular formula is C13H19N3O.